The highest BCUT2D eigenvalue weighted by Gasteiger charge is 2.27. The normalized spacial score (nSPS) is 15.7. The van der Waals surface area contributed by atoms with Crippen LogP contribution < -0.4 is 5.32 Å². The second-order valence-corrected chi connectivity index (χ2v) is 8.74. The third kappa shape index (κ3) is 6.76. The predicted octanol–water partition coefficient (Wildman–Crippen LogP) is 4.38. The molecule has 1 aromatic carbocycles. The highest BCUT2D eigenvalue weighted by Crippen LogP contribution is 2.25. The number of hydrogen-bond acceptors (Lipinski definition) is 5. The molecular weight excluding hydrogens is 413 g/mol. The molecule has 1 aliphatic rings. The van der Waals surface area contributed by atoms with Gasteiger partial charge in [-0.2, -0.15) is 0 Å². The number of ether oxygens (including phenoxy) is 1. The van der Waals surface area contributed by atoms with Gasteiger partial charge in [0.1, 0.15) is 10.8 Å². The van der Waals surface area contributed by atoms with Crippen LogP contribution in [0.4, 0.5) is 4.39 Å². The summed E-state index contributed by atoms with van der Waals surface area (Å²) in [7, 11) is 0. The van der Waals surface area contributed by atoms with E-state index in [0.29, 0.717) is 34.8 Å². The van der Waals surface area contributed by atoms with Crippen molar-refractivity contribution in [2.75, 3.05) is 32.8 Å². The number of benzene rings is 1. The molecule has 31 heavy (non-hydrogen) atoms. The van der Waals surface area contributed by atoms with Gasteiger partial charge in [0.15, 0.2) is 0 Å². The zero-order valence-corrected chi connectivity index (χ0v) is 19.2. The van der Waals surface area contributed by atoms with Gasteiger partial charge < -0.3 is 10.1 Å². The number of halogens is 1. The molecule has 1 atom stereocenters. The largest absolute Gasteiger partial charge is 0.379 e. The van der Waals surface area contributed by atoms with Gasteiger partial charge in [-0.3, -0.25) is 9.69 Å². The molecule has 1 unspecified atom stereocenters. The Morgan fingerprint density at radius 3 is 2.58 bits per heavy atom. The monoisotopic (exact) mass is 445 g/mol. The minimum Gasteiger partial charge on any atom is -0.379 e. The number of aromatic nitrogens is 1. The molecule has 0 spiro atoms. The predicted molar refractivity (Wildman–Crippen MR) is 123 cm³/mol. The van der Waals surface area contributed by atoms with Crippen molar-refractivity contribution in [3.8, 4) is 0 Å². The van der Waals surface area contributed by atoms with Gasteiger partial charge in [-0.25, -0.2) is 9.37 Å². The molecular formula is C24H32FN3O2S. The number of hydrogen-bond donors (Lipinski definition) is 1. The number of nitrogens with zero attached hydrogens (tertiary/aromatic N) is 2. The van der Waals surface area contributed by atoms with Crippen LogP contribution >= 0.6 is 11.8 Å². The van der Waals surface area contributed by atoms with E-state index in [1.165, 1.54) is 23.9 Å². The number of amides is 1. The molecule has 1 aliphatic heterocycles. The number of pyridine rings is 1. The van der Waals surface area contributed by atoms with Crippen LogP contribution in [0.5, 0.6) is 0 Å². The molecule has 1 saturated heterocycles. The summed E-state index contributed by atoms with van der Waals surface area (Å²) in [6, 6.07) is 10.3. The van der Waals surface area contributed by atoms with E-state index in [9.17, 15) is 9.18 Å². The molecule has 1 fully saturated rings. The number of rotatable bonds is 10. The quantitative estimate of drug-likeness (QED) is 0.550. The Morgan fingerprint density at radius 2 is 1.90 bits per heavy atom. The fourth-order valence-corrected chi connectivity index (χ4v) is 4.99. The molecule has 0 radical (unpaired) electrons. The molecule has 0 saturated carbocycles. The van der Waals surface area contributed by atoms with E-state index >= 15 is 0 Å². The van der Waals surface area contributed by atoms with Gasteiger partial charge >= 0.3 is 0 Å². The van der Waals surface area contributed by atoms with E-state index in [1.807, 2.05) is 6.07 Å². The van der Waals surface area contributed by atoms with Gasteiger partial charge in [-0.15, -0.1) is 11.8 Å². The Labute approximate surface area is 188 Å². The van der Waals surface area contributed by atoms with Gasteiger partial charge in [0, 0.05) is 37.6 Å². The Kier molecular flexibility index (Phi) is 9.31. The minimum absolute atomic E-state index is 0.0982. The molecule has 2 heterocycles. The third-order valence-electron chi connectivity index (χ3n) is 5.88. The molecule has 2 aromatic rings. The van der Waals surface area contributed by atoms with Crippen molar-refractivity contribution in [3.05, 3.63) is 59.5 Å². The van der Waals surface area contributed by atoms with Gasteiger partial charge in [-0.05, 0) is 35.7 Å². The van der Waals surface area contributed by atoms with E-state index < -0.39 is 0 Å². The van der Waals surface area contributed by atoms with Gasteiger partial charge in [-0.1, -0.05) is 38.8 Å². The molecule has 1 aromatic heterocycles. The first-order valence-corrected chi connectivity index (χ1v) is 12.0. The Hall–Kier alpha value is -1.96. The summed E-state index contributed by atoms with van der Waals surface area (Å²) in [5.41, 5.74) is 1.57. The van der Waals surface area contributed by atoms with E-state index in [0.717, 1.165) is 44.7 Å². The molecule has 168 valence electrons. The van der Waals surface area contributed by atoms with Crippen LogP contribution in [0.15, 0.2) is 47.6 Å². The van der Waals surface area contributed by atoms with Crippen LogP contribution in [-0.2, 0) is 10.5 Å². The second kappa shape index (κ2) is 12.2. The summed E-state index contributed by atoms with van der Waals surface area (Å²) in [4.78, 5) is 19.9. The van der Waals surface area contributed by atoms with Gasteiger partial charge in [0.25, 0.3) is 5.91 Å². The molecule has 5 nitrogen and oxygen atoms in total. The van der Waals surface area contributed by atoms with Crippen molar-refractivity contribution in [1.82, 2.24) is 15.2 Å². The maximum atomic E-state index is 13.1. The van der Waals surface area contributed by atoms with Crippen LogP contribution in [0.25, 0.3) is 0 Å². The Bertz CT molecular complexity index is 824. The van der Waals surface area contributed by atoms with E-state index in [1.54, 1.807) is 24.4 Å². The maximum Gasteiger partial charge on any atom is 0.254 e. The molecule has 1 amide bonds. The number of morpholine rings is 1. The van der Waals surface area contributed by atoms with Crippen molar-refractivity contribution in [1.29, 1.82) is 0 Å². The minimum atomic E-state index is -0.251. The SMILES string of the molecule is CCC(CC)C(CNC(=O)c1cccnc1SCc1ccc(F)cc1)N1CCOCC1. The number of thioether (sulfide) groups is 1. The standard InChI is InChI=1S/C24H32FN3O2S/c1-3-19(4-2)22(28-12-14-30-15-13-28)16-27-23(29)21-6-5-11-26-24(21)31-17-18-7-9-20(25)10-8-18/h5-11,19,22H,3-4,12-17H2,1-2H3,(H,27,29). The summed E-state index contributed by atoms with van der Waals surface area (Å²) < 4.78 is 18.6. The third-order valence-corrected chi connectivity index (χ3v) is 6.96. The van der Waals surface area contributed by atoms with Crippen LogP contribution in [0, 0.1) is 11.7 Å². The maximum absolute atomic E-state index is 13.1. The fraction of sp³-hybridized carbons (Fsp3) is 0.500. The summed E-state index contributed by atoms with van der Waals surface area (Å²) in [6.07, 6.45) is 3.87. The lowest BCUT2D eigenvalue weighted by Crippen LogP contribution is -2.52. The summed E-state index contributed by atoms with van der Waals surface area (Å²) in [6.45, 7) is 8.35. The highest BCUT2D eigenvalue weighted by molar-refractivity contribution is 7.98. The van der Waals surface area contributed by atoms with E-state index in [4.69, 9.17) is 4.74 Å². The van der Waals surface area contributed by atoms with Crippen LogP contribution in [0.2, 0.25) is 0 Å². The van der Waals surface area contributed by atoms with Crippen molar-refractivity contribution in [2.24, 2.45) is 5.92 Å². The van der Waals surface area contributed by atoms with Crippen molar-refractivity contribution >= 4 is 17.7 Å². The topological polar surface area (TPSA) is 54.5 Å². The summed E-state index contributed by atoms with van der Waals surface area (Å²) >= 11 is 1.49. The Morgan fingerprint density at radius 1 is 1.19 bits per heavy atom. The highest BCUT2D eigenvalue weighted by atomic mass is 32.2. The fourth-order valence-electron chi connectivity index (χ4n) is 4.04. The van der Waals surface area contributed by atoms with Crippen molar-refractivity contribution in [3.63, 3.8) is 0 Å². The zero-order chi connectivity index (χ0) is 22.1. The molecule has 3 rings (SSSR count). The lowest BCUT2D eigenvalue weighted by Gasteiger charge is -2.38. The lowest BCUT2D eigenvalue weighted by molar-refractivity contribution is 0.00190. The number of nitrogens with one attached hydrogen (secondary N) is 1. The number of carbonyl (C=O) groups is 1. The Balaban J connectivity index is 1.65. The molecule has 7 heteroatoms. The first kappa shape index (κ1) is 23.7. The summed E-state index contributed by atoms with van der Waals surface area (Å²) in [5.74, 6) is 0.805. The molecule has 0 bridgehead atoms. The van der Waals surface area contributed by atoms with Gasteiger partial charge in [0.2, 0.25) is 0 Å². The first-order valence-electron chi connectivity index (χ1n) is 11.0. The molecule has 0 aliphatic carbocycles. The molecule has 1 N–H and O–H groups in total. The summed E-state index contributed by atoms with van der Waals surface area (Å²) in [5, 5.41) is 3.86. The number of carbonyl (C=O) groups excluding carboxylic acids is 1. The first-order chi connectivity index (χ1) is 15.1. The van der Waals surface area contributed by atoms with Crippen LogP contribution in [0.3, 0.4) is 0 Å². The zero-order valence-electron chi connectivity index (χ0n) is 18.4. The van der Waals surface area contributed by atoms with E-state index in [-0.39, 0.29) is 11.7 Å². The van der Waals surface area contributed by atoms with E-state index in [2.05, 4.69) is 29.0 Å². The van der Waals surface area contributed by atoms with Crippen molar-refractivity contribution < 1.29 is 13.9 Å². The average molecular weight is 446 g/mol. The average Bonchev–Trinajstić information content (AvgIpc) is 2.82. The van der Waals surface area contributed by atoms with Crippen molar-refractivity contribution in [2.45, 2.75) is 43.5 Å². The van der Waals surface area contributed by atoms with Crippen LogP contribution in [0.1, 0.15) is 42.6 Å². The lowest BCUT2D eigenvalue weighted by atomic mass is 9.92. The second-order valence-electron chi connectivity index (χ2n) is 7.77. The smallest absolute Gasteiger partial charge is 0.254 e. The van der Waals surface area contributed by atoms with Gasteiger partial charge in [0.05, 0.1) is 18.8 Å². The van der Waals surface area contributed by atoms with Crippen LogP contribution in [-0.4, -0.2) is 54.7 Å².